The summed E-state index contributed by atoms with van der Waals surface area (Å²) in [6.07, 6.45) is 2.21. The van der Waals surface area contributed by atoms with Crippen molar-refractivity contribution in [3.8, 4) is 28.6 Å². The Morgan fingerprint density at radius 1 is 0.825 bits per heavy atom. The minimum Gasteiger partial charge on any atom is -0.492 e. The van der Waals surface area contributed by atoms with Crippen LogP contribution in [0.25, 0.3) is 22.4 Å². The van der Waals surface area contributed by atoms with Gasteiger partial charge in [0.05, 0.1) is 11.0 Å². The molecule has 1 saturated heterocycles. The molecule has 3 aromatic carbocycles. The maximum atomic E-state index is 6.26. The molecule has 0 unspecified atom stereocenters. The number of piperazine rings is 1. The van der Waals surface area contributed by atoms with Gasteiger partial charge in [-0.05, 0) is 60.8 Å². The standard InChI is InChI=1S/C34H44N4O2/c1-6-7-17-38-32-25-29(39-23-22-37-20-18-36(5)19-21-37)15-16-31(32)35-33(38)26-9-8-10-30(24-26)40-28-13-11-27(12-14-28)34(2,3)4/h8-16,24-25H,6-7,17-23H2,1-5H3. The van der Waals surface area contributed by atoms with Gasteiger partial charge in [-0.15, -0.1) is 0 Å². The van der Waals surface area contributed by atoms with Crippen molar-refractivity contribution in [3.05, 3.63) is 72.3 Å². The van der Waals surface area contributed by atoms with Gasteiger partial charge in [-0.2, -0.15) is 0 Å². The maximum Gasteiger partial charge on any atom is 0.141 e. The Morgan fingerprint density at radius 2 is 1.57 bits per heavy atom. The van der Waals surface area contributed by atoms with Crippen LogP contribution in [0.5, 0.6) is 17.2 Å². The van der Waals surface area contributed by atoms with E-state index in [2.05, 4.69) is 97.6 Å². The first-order valence-corrected chi connectivity index (χ1v) is 14.7. The lowest BCUT2D eigenvalue weighted by Gasteiger charge is -2.32. The van der Waals surface area contributed by atoms with Crippen LogP contribution in [0.3, 0.4) is 0 Å². The van der Waals surface area contributed by atoms with Crippen LogP contribution in [0, 0.1) is 0 Å². The fraction of sp³-hybridized carbons (Fsp3) is 0.441. The second kappa shape index (κ2) is 12.4. The molecular formula is C34H44N4O2. The molecule has 1 fully saturated rings. The molecule has 1 aliphatic rings. The number of benzene rings is 3. The van der Waals surface area contributed by atoms with Crippen LogP contribution in [0.15, 0.2) is 66.7 Å². The third-order valence-electron chi connectivity index (χ3n) is 7.78. The molecule has 212 valence electrons. The Morgan fingerprint density at radius 3 is 2.30 bits per heavy atom. The Balaban J connectivity index is 1.35. The number of rotatable bonds is 10. The van der Waals surface area contributed by atoms with Crippen molar-refractivity contribution in [2.75, 3.05) is 46.4 Å². The van der Waals surface area contributed by atoms with Gasteiger partial charge in [-0.1, -0.05) is 58.4 Å². The summed E-state index contributed by atoms with van der Waals surface area (Å²) in [6.45, 7) is 15.9. The van der Waals surface area contributed by atoms with Gasteiger partial charge in [0.15, 0.2) is 0 Å². The van der Waals surface area contributed by atoms with E-state index in [1.54, 1.807) is 0 Å². The van der Waals surface area contributed by atoms with E-state index in [1.165, 1.54) is 5.56 Å². The summed E-state index contributed by atoms with van der Waals surface area (Å²) in [5.41, 5.74) is 4.56. The number of aryl methyl sites for hydroxylation is 1. The zero-order valence-corrected chi connectivity index (χ0v) is 24.8. The minimum atomic E-state index is 0.117. The van der Waals surface area contributed by atoms with Crippen molar-refractivity contribution in [1.29, 1.82) is 0 Å². The Hall–Kier alpha value is -3.35. The van der Waals surface area contributed by atoms with Gasteiger partial charge in [0.2, 0.25) is 0 Å². The molecule has 5 rings (SSSR count). The Bertz CT molecular complexity index is 1400. The molecule has 0 radical (unpaired) electrons. The molecule has 0 aliphatic carbocycles. The van der Waals surface area contributed by atoms with Gasteiger partial charge in [-0.25, -0.2) is 4.98 Å². The number of aromatic nitrogens is 2. The van der Waals surface area contributed by atoms with Crippen molar-refractivity contribution in [2.45, 2.75) is 52.5 Å². The molecule has 0 N–H and O–H groups in total. The summed E-state index contributed by atoms with van der Waals surface area (Å²) in [6, 6.07) is 22.9. The first-order valence-electron chi connectivity index (χ1n) is 14.7. The SMILES string of the molecule is CCCCn1c(-c2cccc(Oc3ccc(C(C)(C)C)cc3)c2)nc2ccc(OCCN3CCN(C)CC3)cc21. The average molecular weight is 541 g/mol. The lowest BCUT2D eigenvalue weighted by molar-refractivity contribution is 0.134. The van der Waals surface area contributed by atoms with Crippen LogP contribution >= 0.6 is 0 Å². The molecule has 2 heterocycles. The lowest BCUT2D eigenvalue weighted by Crippen LogP contribution is -2.45. The van der Waals surface area contributed by atoms with Crippen LogP contribution in [0.1, 0.15) is 46.1 Å². The van der Waals surface area contributed by atoms with E-state index in [9.17, 15) is 0 Å². The summed E-state index contributed by atoms with van der Waals surface area (Å²) in [7, 11) is 2.19. The van der Waals surface area contributed by atoms with E-state index in [0.717, 1.165) is 91.8 Å². The number of unbranched alkanes of at least 4 members (excludes halogenated alkanes) is 1. The summed E-state index contributed by atoms with van der Waals surface area (Å²) >= 11 is 0. The topological polar surface area (TPSA) is 42.8 Å². The highest BCUT2D eigenvalue weighted by Gasteiger charge is 2.17. The van der Waals surface area contributed by atoms with Gasteiger partial charge >= 0.3 is 0 Å². The van der Waals surface area contributed by atoms with Crippen LogP contribution in [0.2, 0.25) is 0 Å². The molecule has 0 amide bonds. The van der Waals surface area contributed by atoms with Crippen molar-refractivity contribution in [3.63, 3.8) is 0 Å². The first-order chi connectivity index (χ1) is 19.3. The molecule has 6 nitrogen and oxygen atoms in total. The summed E-state index contributed by atoms with van der Waals surface area (Å²) in [5, 5.41) is 0. The third-order valence-corrected chi connectivity index (χ3v) is 7.78. The molecule has 6 heteroatoms. The zero-order valence-electron chi connectivity index (χ0n) is 24.8. The van der Waals surface area contributed by atoms with E-state index in [1.807, 2.05) is 18.2 Å². The molecule has 4 aromatic rings. The minimum absolute atomic E-state index is 0.117. The highest BCUT2D eigenvalue weighted by molar-refractivity contribution is 5.82. The molecule has 0 atom stereocenters. The largest absolute Gasteiger partial charge is 0.492 e. The first kappa shape index (κ1) is 28.2. The summed E-state index contributed by atoms with van der Waals surface area (Å²) in [5.74, 6) is 3.51. The highest BCUT2D eigenvalue weighted by Crippen LogP contribution is 2.32. The van der Waals surface area contributed by atoms with Crippen molar-refractivity contribution in [1.82, 2.24) is 19.4 Å². The van der Waals surface area contributed by atoms with E-state index >= 15 is 0 Å². The zero-order chi connectivity index (χ0) is 28.1. The van der Waals surface area contributed by atoms with E-state index in [4.69, 9.17) is 14.5 Å². The summed E-state index contributed by atoms with van der Waals surface area (Å²) < 4.78 is 14.8. The van der Waals surface area contributed by atoms with Crippen LogP contribution in [0.4, 0.5) is 0 Å². The van der Waals surface area contributed by atoms with E-state index in [0.29, 0.717) is 6.61 Å². The Labute approximate surface area is 239 Å². The van der Waals surface area contributed by atoms with Crippen molar-refractivity contribution < 1.29 is 9.47 Å². The van der Waals surface area contributed by atoms with E-state index in [-0.39, 0.29) is 5.41 Å². The molecule has 40 heavy (non-hydrogen) atoms. The number of fused-ring (bicyclic) bond motifs is 1. The van der Waals surface area contributed by atoms with Gasteiger partial charge in [0, 0.05) is 50.9 Å². The molecule has 0 spiro atoms. The van der Waals surface area contributed by atoms with Gasteiger partial charge in [0.25, 0.3) is 0 Å². The smallest absolute Gasteiger partial charge is 0.141 e. The Kier molecular flexibility index (Phi) is 8.77. The number of likely N-dealkylation sites (N-methyl/N-ethyl adjacent to an activating group) is 1. The second-order valence-corrected chi connectivity index (χ2v) is 12.0. The van der Waals surface area contributed by atoms with Crippen LogP contribution < -0.4 is 9.47 Å². The lowest BCUT2D eigenvalue weighted by atomic mass is 9.87. The number of nitrogens with zero attached hydrogens (tertiary/aromatic N) is 4. The van der Waals surface area contributed by atoms with Gasteiger partial charge in [-0.3, -0.25) is 4.90 Å². The fourth-order valence-electron chi connectivity index (χ4n) is 5.18. The predicted octanol–water partition coefficient (Wildman–Crippen LogP) is 7.22. The van der Waals surface area contributed by atoms with Crippen molar-refractivity contribution >= 4 is 11.0 Å². The maximum absolute atomic E-state index is 6.26. The fourth-order valence-corrected chi connectivity index (χ4v) is 5.18. The molecular weight excluding hydrogens is 496 g/mol. The number of imidazole rings is 1. The second-order valence-electron chi connectivity index (χ2n) is 12.0. The number of hydrogen-bond donors (Lipinski definition) is 0. The van der Waals surface area contributed by atoms with Gasteiger partial charge < -0.3 is 18.9 Å². The van der Waals surface area contributed by atoms with E-state index < -0.39 is 0 Å². The predicted molar refractivity (Wildman–Crippen MR) is 165 cm³/mol. The highest BCUT2D eigenvalue weighted by atomic mass is 16.5. The monoisotopic (exact) mass is 540 g/mol. The van der Waals surface area contributed by atoms with Crippen LogP contribution in [-0.4, -0.2) is 65.7 Å². The number of ether oxygens (including phenoxy) is 2. The van der Waals surface area contributed by atoms with Crippen LogP contribution in [-0.2, 0) is 12.0 Å². The normalized spacial score (nSPS) is 15.0. The summed E-state index contributed by atoms with van der Waals surface area (Å²) in [4.78, 5) is 9.93. The molecule has 0 saturated carbocycles. The quantitative estimate of drug-likeness (QED) is 0.212. The third kappa shape index (κ3) is 6.86. The molecule has 1 aromatic heterocycles. The van der Waals surface area contributed by atoms with Gasteiger partial charge in [0.1, 0.15) is 29.7 Å². The van der Waals surface area contributed by atoms with Crippen molar-refractivity contribution in [2.24, 2.45) is 0 Å². The number of hydrogen-bond acceptors (Lipinski definition) is 5. The molecule has 1 aliphatic heterocycles. The molecule has 0 bridgehead atoms. The average Bonchev–Trinajstić information content (AvgIpc) is 3.31.